The van der Waals surface area contributed by atoms with Gasteiger partial charge in [-0.05, 0) is 124 Å². The van der Waals surface area contributed by atoms with Crippen LogP contribution in [0, 0.1) is 23.7 Å². The molecule has 294 valence electrons. The molecule has 1 aliphatic carbocycles. The van der Waals surface area contributed by atoms with Crippen molar-refractivity contribution in [3.63, 3.8) is 0 Å². The van der Waals surface area contributed by atoms with E-state index in [0.717, 1.165) is 75.3 Å². The zero-order valence-electron chi connectivity index (χ0n) is 32.9. The number of piperidine rings is 1. The number of halogens is 1. The van der Waals surface area contributed by atoms with E-state index in [1.165, 1.54) is 62.9 Å². The molecule has 0 spiro atoms. The number of aliphatic hydroxyl groups is 1. The molecule has 3 heterocycles. The molecule has 0 amide bonds. The predicted octanol–water partition coefficient (Wildman–Crippen LogP) is 7.36. The molecule has 0 aromatic heterocycles. The van der Waals surface area contributed by atoms with E-state index in [2.05, 4.69) is 64.5 Å². The molecule has 0 radical (unpaired) electrons. The largest absolute Gasteiger partial charge is 0.491 e. The molecule has 8 atom stereocenters. The molecule has 8 unspecified atom stereocenters. The number of anilines is 1. The number of hydrogen-bond donors (Lipinski definition) is 2. The zero-order chi connectivity index (χ0) is 37.9. The van der Waals surface area contributed by atoms with E-state index in [1.54, 1.807) is 7.05 Å². The number of carbonyl (C=O) groups is 1. The Morgan fingerprint density at radius 3 is 2.62 bits per heavy atom. The van der Waals surface area contributed by atoms with Crippen LogP contribution in [0.5, 0.6) is 5.75 Å². The molecule has 8 nitrogen and oxygen atoms in total. The number of piperazine rings is 1. The number of benzene rings is 2. The van der Waals surface area contributed by atoms with Crippen LogP contribution in [0.2, 0.25) is 5.02 Å². The van der Waals surface area contributed by atoms with Gasteiger partial charge in [-0.3, -0.25) is 14.6 Å². The minimum absolute atomic E-state index is 0.0990. The number of nitrogens with zero attached hydrogens (tertiary/aromatic N) is 3. The Labute approximate surface area is 327 Å². The topological polar surface area (TPSA) is 85.4 Å². The Balaban J connectivity index is 0.00000266. The summed E-state index contributed by atoms with van der Waals surface area (Å²) in [6.07, 6.45) is 15.4. The van der Waals surface area contributed by atoms with Crippen molar-refractivity contribution in [2.75, 3.05) is 71.5 Å². The minimum atomic E-state index is -1.02. The maximum Gasteiger partial charge on any atom is 0.150 e. The molecule has 4 aliphatic rings. The highest BCUT2D eigenvalue weighted by Crippen LogP contribution is 2.44. The van der Waals surface area contributed by atoms with Gasteiger partial charge in [0, 0.05) is 74.2 Å². The molecule has 2 saturated heterocycles. The molecule has 53 heavy (non-hydrogen) atoms. The van der Waals surface area contributed by atoms with Gasteiger partial charge in [0.2, 0.25) is 0 Å². The van der Waals surface area contributed by atoms with E-state index in [-0.39, 0.29) is 11.2 Å². The van der Waals surface area contributed by atoms with E-state index < -0.39 is 11.0 Å². The third-order valence-electron chi connectivity index (χ3n) is 12.5. The van der Waals surface area contributed by atoms with Crippen molar-refractivity contribution in [1.82, 2.24) is 14.5 Å². The fourth-order valence-corrected chi connectivity index (χ4v) is 10.3. The van der Waals surface area contributed by atoms with Gasteiger partial charge in [0.15, 0.2) is 0 Å². The number of aliphatic hydroxyl groups excluding tert-OH is 1. The zero-order valence-corrected chi connectivity index (χ0v) is 34.4. The number of ether oxygens (including phenoxy) is 1. The van der Waals surface area contributed by atoms with Crippen LogP contribution in [0.1, 0.15) is 93.1 Å². The first kappa shape index (κ1) is 41.9. The van der Waals surface area contributed by atoms with Crippen LogP contribution in [-0.4, -0.2) is 103 Å². The predicted molar refractivity (Wildman–Crippen MR) is 221 cm³/mol. The van der Waals surface area contributed by atoms with E-state index in [0.29, 0.717) is 41.9 Å². The highest BCUT2D eigenvalue weighted by atomic mass is 35.5. The summed E-state index contributed by atoms with van der Waals surface area (Å²) in [5, 5.41) is 7.88. The SMILES string of the molecule is CCCc1cc(Cl)ccc1C1COc2ccc(C=O)cc2N(CC2CCC2C(/C=C/CC(C)C(C)S(=O)NC)CN2CCN3CCCCC3C2)C1.CO. The number of carbonyl (C=O) groups excluding carboxylic acids is 1. The molecular weight excluding hydrogens is 704 g/mol. The van der Waals surface area contributed by atoms with Gasteiger partial charge in [0.05, 0.1) is 23.3 Å². The molecule has 6 rings (SSSR count). The van der Waals surface area contributed by atoms with Gasteiger partial charge in [0.25, 0.3) is 0 Å². The summed E-state index contributed by atoms with van der Waals surface area (Å²) >= 11 is 6.49. The van der Waals surface area contributed by atoms with Crippen LogP contribution in [0.15, 0.2) is 48.6 Å². The average Bonchev–Trinajstić information content (AvgIpc) is 3.35. The molecule has 2 aromatic carbocycles. The van der Waals surface area contributed by atoms with Crippen LogP contribution in [0.25, 0.3) is 0 Å². The summed E-state index contributed by atoms with van der Waals surface area (Å²) < 4.78 is 22.0. The number of hydrogen-bond acceptors (Lipinski definition) is 7. The number of allylic oxidation sites excluding steroid dienone is 1. The molecule has 2 N–H and O–H groups in total. The first-order chi connectivity index (χ1) is 25.8. The molecular formula is C43H65ClN4O4S. The van der Waals surface area contributed by atoms with Gasteiger partial charge in [-0.15, -0.1) is 0 Å². The lowest BCUT2D eigenvalue weighted by Gasteiger charge is -2.48. The van der Waals surface area contributed by atoms with Gasteiger partial charge in [-0.25, -0.2) is 8.93 Å². The van der Waals surface area contributed by atoms with Crippen molar-refractivity contribution in [3.05, 3.63) is 70.3 Å². The monoisotopic (exact) mass is 768 g/mol. The fourth-order valence-electron chi connectivity index (χ4n) is 9.15. The van der Waals surface area contributed by atoms with Gasteiger partial charge in [-0.1, -0.05) is 56.5 Å². The maximum absolute atomic E-state index is 12.5. The first-order valence-electron chi connectivity index (χ1n) is 20.2. The van der Waals surface area contributed by atoms with E-state index in [4.69, 9.17) is 21.4 Å². The number of aldehydes is 1. The molecule has 10 heteroatoms. The highest BCUT2D eigenvalue weighted by molar-refractivity contribution is 7.83. The maximum atomic E-state index is 12.5. The summed E-state index contributed by atoms with van der Waals surface area (Å²) in [5.74, 6) is 3.02. The van der Waals surface area contributed by atoms with Crippen molar-refractivity contribution in [1.29, 1.82) is 0 Å². The Bertz CT molecular complexity index is 1530. The number of nitrogens with one attached hydrogen (secondary N) is 1. The highest BCUT2D eigenvalue weighted by Gasteiger charge is 2.40. The van der Waals surface area contributed by atoms with Crippen molar-refractivity contribution in [2.45, 2.75) is 89.3 Å². The summed E-state index contributed by atoms with van der Waals surface area (Å²) in [5.41, 5.74) is 4.36. The second-order valence-electron chi connectivity index (χ2n) is 15.8. The lowest BCUT2D eigenvalue weighted by Crippen LogP contribution is -2.56. The quantitative estimate of drug-likeness (QED) is 0.145. The fraction of sp³-hybridized carbons (Fsp3) is 0.651. The second-order valence-corrected chi connectivity index (χ2v) is 18.0. The van der Waals surface area contributed by atoms with E-state index in [1.807, 2.05) is 24.3 Å². The van der Waals surface area contributed by atoms with E-state index in [9.17, 15) is 9.00 Å². The van der Waals surface area contributed by atoms with Gasteiger partial charge >= 0.3 is 0 Å². The average molecular weight is 770 g/mol. The summed E-state index contributed by atoms with van der Waals surface area (Å²) in [4.78, 5) is 20.0. The molecule has 0 bridgehead atoms. The van der Waals surface area contributed by atoms with Crippen molar-refractivity contribution in [2.24, 2.45) is 23.7 Å². The first-order valence-corrected chi connectivity index (χ1v) is 21.8. The lowest BCUT2D eigenvalue weighted by atomic mass is 9.66. The Morgan fingerprint density at radius 1 is 1.06 bits per heavy atom. The Hall–Kier alpha value is -2.27. The Morgan fingerprint density at radius 2 is 1.89 bits per heavy atom. The van der Waals surface area contributed by atoms with Crippen LogP contribution in [0.4, 0.5) is 5.69 Å². The van der Waals surface area contributed by atoms with Crippen LogP contribution in [0.3, 0.4) is 0 Å². The molecule has 3 fully saturated rings. The summed E-state index contributed by atoms with van der Waals surface area (Å²) in [6, 6.07) is 13.0. The second kappa shape index (κ2) is 20.6. The molecule has 3 aliphatic heterocycles. The smallest absolute Gasteiger partial charge is 0.150 e. The third kappa shape index (κ3) is 10.7. The van der Waals surface area contributed by atoms with Crippen molar-refractivity contribution in [3.8, 4) is 5.75 Å². The summed E-state index contributed by atoms with van der Waals surface area (Å²) in [7, 11) is 1.76. The third-order valence-corrected chi connectivity index (χ3v) is 14.3. The lowest BCUT2D eigenvalue weighted by molar-refractivity contribution is 0.0283. The van der Waals surface area contributed by atoms with Crippen molar-refractivity contribution < 1.29 is 18.8 Å². The Kier molecular flexibility index (Phi) is 16.3. The van der Waals surface area contributed by atoms with Gasteiger partial charge < -0.3 is 14.7 Å². The van der Waals surface area contributed by atoms with Gasteiger partial charge in [-0.2, -0.15) is 0 Å². The van der Waals surface area contributed by atoms with Crippen LogP contribution < -0.4 is 14.4 Å². The normalized spacial score (nSPS) is 25.8. The van der Waals surface area contributed by atoms with Crippen LogP contribution in [-0.2, 0) is 17.4 Å². The number of rotatable bonds is 15. The van der Waals surface area contributed by atoms with Crippen molar-refractivity contribution >= 4 is 34.6 Å². The van der Waals surface area contributed by atoms with Crippen LogP contribution >= 0.6 is 11.6 Å². The standard InChI is InChI=1S/C42H61ClN4O3S.CH4O/c1-5-9-33-23-37(43)15-17-39(33)36-26-47(41-22-32(28-48)13-18-42(41)50-29-36)25-35-14-16-40(35)34(11-8-10-30(2)31(3)51(49)44-4)24-45-20-21-46-19-7-6-12-38(46)27-45;1-2/h8,11,13,15,17-18,22-23,28,30-31,34-36,38,40,44H,5-7,9-10,12,14,16,19-21,24-27,29H2,1-4H3;2H,1H3/b11-8+;. The number of aryl methyl sites for hydroxylation is 1. The minimum Gasteiger partial charge on any atom is -0.491 e. The van der Waals surface area contributed by atoms with E-state index >= 15 is 0 Å². The molecule has 1 saturated carbocycles. The van der Waals surface area contributed by atoms with Gasteiger partial charge in [0.1, 0.15) is 12.0 Å². The number of fused-ring (bicyclic) bond motifs is 2. The summed E-state index contributed by atoms with van der Waals surface area (Å²) in [6.45, 7) is 14.8. The molecule has 2 aromatic rings.